The molecule has 0 aliphatic carbocycles. The van der Waals surface area contributed by atoms with Crippen molar-refractivity contribution in [2.24, 2.45) is 0 Å². The fraction of sp³-hybridized carbons (Fsp3) is 0. The highest BCUT2D eigenvalue weighted by molar-refractivity contribution is 14.1. The molecular weight excluding hydrogens is 357 g/mol. The molecule has 0 aliphatic rings. The Morgan fingerprint density at radius 1 is 0.944 bits per heavy atom. The van der Waals surface area contributed by atoms with Crippen molar-refractivity contribution in [1.29, 1.82) is 5.26 Å². The summed E-state index contributed by atoms with van der Waals surface area (Å²) in [6.45, 7) is 0. The van der Waals surface area contributed by atoms with Gasteiger partial charge in [0.1, 0.15) is 6.07 Å². The SMILES string of the molecule is N#CC(=C(Cl)c1ccc(I)cc1)c1ccccc1. The molecule has 0 saturated heterocycles. The van der Waals surface area contributed by atoms with Crippen LogP contribution in [0.2, 0.25) is 0 Å². The average Bonchev–Trinajstić information content (AvgIpc) is 2.41. The first-order valence-corrected chi connectivity index (χ1v) is 6.79. The minimum atomic E-state index is 0.486. The summed E-state index contributed by atoms with van der Waals surface area (Å²) in [6.07, 6.45) is 0. The van der Waals surface area contributed by atoms with Crippen LogP contribution < -0.4 is 0 Å². The molecule has 1 nitrogen and oxygen atoms in total. The highest BCUT2D eigenvalue weighted by atomic mass is 127. The lowest BCUT2D eigenvalue weighted by Crippen LogP contribution is -1.86. The highest BCUT2D eigenvalue weighted by Gasteiger charge is 2.08. The van der Waals surface area contributed by atoms with Gasteiger partial charge in [0, 0.05) is 3.57 Å². The van der Waals surface area contributed by atoms with Crippen LogP contribution in [0.15, 0.2) is 54.6 Å². The van der Waals surface area contributed by atoms with E-state index in [0.29, 0.717) is 10.6 Å². The summed E-state index contributed by atoms with van der Waals surface area (Å²) < 4.78 is 1.14. The molecule has 2 aromatic carbocycles. The molecule has 0 N–H and O–H groups in total. The van der Waals surface area contributed by atoms with E-state index in [0.717, 1.165) is 14.7 Å². The summed E-state index contributed by atoms with van der Waals surface area (Å²) in [5.74, 6) is 0. The normalized spacial score (nSPS) is 11.6. The summed E-state index contributed by atoms with van der Waals surface area (Å²) in [7, 11) is 0. The molecule has 2 rings (SSSR count). The Morgan fingerprint density at radius 2 is 1.56 bits per heavy atom. The van der Waals surface area contributed by atoms with Gasteiger partial charge in [0.05, 0.1) is 10.6 Å². The number of allylic oxidation sites excluding steroid dienone is 1. The average molecular weight is 366 g/mol. The van der Waals surface area contributed by atoms with Crippen LogP contribution in [-0.4, -0.2) is 0 Å². The second-order valence-electron chi connectivity index (χ2n) is 3.67. The minimum absolute atomic E-state index is 0.486. The molecule has 0 fully saturated rings. The topological polar surface area (TPSA) is 23.8 Å². The van der Waals surface area contributed by atoms with Crippen molar-refractivity contribution in [3.8, 4) is 6.07 Å². The van der Waals surface area contributed by atoms with E-state index in [1.165, 1.54) is 0 Å². The van der Waals surface area contributed by atoms with Crippen molar-refractivity contribution < 1.29 is 0 Å². The third kappa shape index (κ3) is 2.92. The van der Waals surface area contributed by atoms with Gasteiger partial charge in [0.2, 0.25) is 0 Å². The predicted octanol–water partition coefficient (Wildman–Crippen LogP) is 4.92. The molecule has 0 amide bonds. The van der Waals surface area contributed by atoms with Gasteiger partial charge >= 0.3 is 0 Å². The maximum absolute atomic E-state index is 9.27. The minimum Gasteiger partial charge on any atom is -0.192 e. The molecule has 0 atom stereocenters. The number of halogens is 2. The lowest BCUT2D eigenvalue weighted by Gasteiger charge is -2.04. The third-order valence-corrected chi connectivity index (χ3v) is 3.62. The van der Waals surface area contributed by atoms with E-state index in [-0.39, 0.29) is 0 Å². The quantitative estimate of drug-likeness (QED) is 0.421. The molecule has 0 heterocycles. The van der Waals surface area contributed by atoms with E-state index in [2.05, 4.69) is 28.7 Å². The van der Waals surface area contributed by atoms with Gasteiger partial charge in [-0.05, 0) is 45.9 Å². The summed E-state index contributed by atoms with van der Waals surface area (Å²) in [6, 6.07) is 19.4. The molecule has 0 unspecified atom stereocenters. The van der Waals surface area contributed by atoms with E-state index in [4.69, 9.17) is 11.6 Å². The first-order valence-electron chi connectivity index (χ1n) is 5.33. The number of hydrogen-bond acceptors (Lipinski definition) is 1. The first kappa shape index (κ1) is 13.1. The van der Waals surface area contributed by atoms with Gasteiger partial charge < -0.3 is 0 Å². The predicted molar refractivity (Wildman–Crippen MR) is 83.9 cm³/mol. The van der Waals surface area contributed by atoms with Crippen molar-refractivity contribution in [3.63, 3.8) is 0 Å². The van der Waals surface area contributed by atoms with Crippen LogP contribution in [-0.2, 0) is 0 Å². The molecule has 0 spiro atoms. The third-order valence-electron chi connectivity index (χ3n) is 2.49. The van der Waals surface area contributed by atoms with Crippen LogP contribution in [0.1, 0.15) is 11.1 Å². The van der Waals surface area contributed by atoms with Gasteiger partial charge in [-0.1, -0.05) is 54.1 Å². The number of rotatable bonds is 2. The van der Waals surface area contributed by atoms with Crippen molar-refractivity contribution in [1.82, 2.24) is 0 Å². The number of nitrogens with zero attached hydrogens (tertiary/aromatic N) is 1. The molecular formula is C15H9ClIN. The second kappa shape index (κ2) is 6.03. The number of hydrogen-bond donors (Lipinski definition) is 0. The highest BCUT2D eigenvalue weighted by Crippen LogP contribution is 2.29. The van der Waals surface area contributed by atoms with E-state index in [9.17, 15) is 5.26 Å². The fourth-order valence-corrected chi connectivity index (χ4v) is 2.22. The Balaban J connectivity index is 2.51. The monoisotopic (exact) mass is 365 g/mol. The van der Waals surface area contributed by atoms with Crippen molar-refractivity contribution >= 4 is 44.8 Å². The van der Waals surface area contributed by atoms with E-state index in [1.807, 2.05) is 54.6 Å². The Labute approximate surface area is 125 Å². The second-order valence-corrected chi connectivity index (χ2v) is 5.30. The van der Waals surface area contributed by atoms with Gasteiger partial charge in [-0.15, -0.1) is 0 Å². The summed E-state index contributed by atoms with van der Waals surface area (Å²) in [5, 5.41) is 9.76. The molecule has 3 heteroatoms. The van der Waals surface area contributed by atoms with Gasteiger partial charge in [0.25, 0.3) is 0 Å². The maximum Gasteiger partial charge on any atom is 0.101 e. The summed E-state index contributed by atoms with van der Waals surface area (Å²) >= 11 is 8.55. The van der Waals surface area contributed by atoms with Crippen LogP contribution in [0.3, 0.4) is 0 Å². The molecule has 0 saturated carbocycles. The van der Waals surface area contributed by atoms with Gasteiger partial charge in [-0.3, -0.25) is 0 Å². The Bertz CT molecular complexity index is 609. The van der Waals surface area contributed by atoms with E-state index >= 15 is 0 Å². The molecule has 0 aliphatic heterocycles. The molecule has 0 bridgehead atoms. The number of nitriles is 1. The Morgan fingerprint density at radius 3 is 2.11 bits per heavy atom. The molecule has 18 heavy (non-hydrogen) atoms. The molecule has 0 aromatic heterocycles. The van der Waals surface area contributed by atoms with Gasteiger partial charge in [0.15, 0.2) is 0 Å². The van der Waals surface area contributed by atoms with Crippen LogP contribution in [0.4, 0.5) is 0 Å². The Kier molecular flexibility index (Phi) is 4.40. The van der Waals surface area contributed by atoms with Gasteiger partial charge in [-0.25, -0.2) is 0 Å². The first-order chi connectivity index (χ1) is 8.72. The maximum atomic E-state index is 9.27. The summed E-state index contributed by atoms with van der Waals surface area (Å²) in [5.41, 5.74) is 2.19. The smallest absolute Gasteiger partial charge is 0.101 e. The van der Waals surface area contributed by atoms with Crippen molar-refractivity contribution in [2.45, 2.75) is 0 Å². The zero-order valence-electron chi connectivity index (χ0n) is 9.40. The Hall–Kier alpha value is -1.31. The zero-order chi connectivity index (χ0) is 13.0. The lowest BCUT2D eigenvalue weighted by molar-refractivity contribution is 1.52. The van der Waals surface area contributed by atoms with E-state index < -0.39 is 0 Å². The van der Waals surface area contributed by atoms with Gasteiger partial charge in [-0.2, -0.15) is 5.26 Å². The molecule has 0 radical (unpaired) electrons. The van der Waals surface area contributed by atoms with Crippen molar-refractivity contribution in [3.05, 3.63) is 69.3 Å². The summed E-state index contributed by atoms with van der Waals surface area (Å²) in [4.78, 5) is 0. The molecule has 2 aromatic rings. The fourth-order valence-electron chi connectivity index (χ4n) is 1.59. The van der Waals surface area contributed by atoms with Crippen molar-refractivity contribution in [2.75, 3.05) is 0 Å². The molecule has 88 valence electrons. The lowest BCUT2D eigenvalue weighted by atomic mass is 10.0. The number of benzene rings is 2. The van der Waals surface area contributed by atoms with Crippen LogP contribution in [0, 0.1) is 14.9 Å². The van der Waals surface area contributed by atoms with E-state index in [1.54, 1.807) is 0 Å². The van der Waals surface area contributed by atoms with Crippen LogP contribution >= 0.6 is 34.2 Å². The van der Waals surface area contributed by atoms with Crippen LogP contribution in [0.5, 0.6) is 0 Å². The standard InChI is InChI=1S/C15H9ClIN/c16-15(12-6-8-13(17)9-7-12)14(10-18)11-4-2-1-3-5-11/h1-9H. The largest absolute Gasteiger partial charge is 0.192 e. The zero-order valence-corrected chi connectivity index (χ0v) is 12.3. The van der Waals surface area contributed by atoms with Crippen LogP contribution in [0.25, 0.3) is 10.6 Å².